The summed E-state index contributed by atoms with van der Waals surface area (Å²) in [5, 5.41) is 7.75. The molecule has 0 unspecified atom stereocenters. The molecule has 1 aromatic heterocycles. The Kier molecular flexibility index (Phi) is 7.14. The maximum atomic E-state index is 2.46. The van der Waals surface area contributed by atoms with E-state index in [-0.39, 0.29) is 5.41 Å². The first kappa shape index (κ1) is 32.0. The predicted molar refractivity (Wildman–Crippen MR) is 237 cm³/mol. The number of para-hydroxylation sites is 1. The number of rotatable bonds is 5. The number of anilines is 3. The molecule has 0 saturated heterocycles. The van der Waals surface area contributed by atoms with E-state index >= 15 is 0 Å². The Morgan fingerprint density at radius 2 is 1.07 bits per heavy atom. The quantitative estimate of drug-likeness (QED) is 0.171. The summed E-state index contributed by atoms with van der Waals surface area (Å²) in [6.07, 6.45) is 0. The van der Waals surface area contributed by atoms with Crippen LogP contribution in [0, 0.1) is 0 Å². The zero-order chi connectivity index (χ0) is 36.7. The molecular formula is C53H37NS. The molecule has 0 bridgehead atoms. The largest absolute Gasteiger partial charge is 0.310 e. The van der Waals surface area contributed by atoms with E-state index < -0.39 is 0 Å². The Morgan fingerprint density at radius 3 is 1.96 bits per heavy atom. The third-order valence-electron chi connectivity index (χ3n) is 11.9. The van der Waals surface area contributed by atoms with Crippen molar-refractivity contribution in [1.82, 2.24) is 0 Å². The zero-order valence-electron chi connectivity index (χ0n) is 30.8. The van der Waals surface area contributed by atoms with Gasteiger partial charge in [0.2, 0.25) is 0 Å². The third kappa shape index (κ3) is 4.99. The second-order valence-electron chi connectivity index (χ2n) is 15.3. The minimum atomic E-state index is -0.110. The van der Waals surface area contributed by atoms with Crippen LogP contribution in [0.3, 0.4) is 0 Å². The molecule has 1 nitrogen and oxygen atoms in total. The Hall–Kier alpha value is -6.48. The molecule has 0 amide bonds. The molecule has 10 aromatic rings. The summed E-state index contributed by atoms with van der Waals surface area (Å²) in [5.41, 5.74) is 13.6. The zero-order valence-corrected chi connectivity index (χ0v) is 31.6. The van der Waals surface area contributed by atoms with Gasteiger partial charge >= 0.3 is 0 Å². The molecule has 1 heterocycles. The van der Waals surface area contributed by atoms with Crippen LogP contribution in [0.4, 0.5) is 17.1 Å². The molecule has 0 radical (unpaired) electrons. The van der Waals surface area contributed by atoms with Crippen LogP contribution >= 0.6 is 11.3 Å². The minimum absolute atomic E-state index is 0.110. The average molecular weight is 720 g/mol. The van der Waals surface area contributed by atoms with Crippen LogP contribution in [0.1, 0.15) is 25.0 Å². The van der Waals surface area contributed by atoms with Crippen molar-refractivity contribution >= 4 is 70.1 Å². The molecule has 0 fully saturated rings. The van der Waals surface area contributed by atoms with Crippen LogP contribution in [0.2, 0.25) is 0 Å². The summed E-state index contributed by atoms with van der Waals surface area (Å²) < 4.78 is 2.68. The Morgan fingerprint density at radius 1 is 0.418 bits per heavy atom. The number of nitrogens with zero attached hydrogens (tertiary/aromatic N) is 1. The van der Waals surface area contributed by atoms with Crippen LogP contribution in [-0.4, -0.2) is 0 Å². The molecular weight excluding hydrogens is 683 g/mol. The van der Waals surface area contributed by atoms with E-state index in [1.165, 1.54) is 86.2 Å². The Bertz CT molecular complexity index is 3130. The number of hydrogen-bond donors (Lipinski definition) is 0. The summed E-state index contributed by atoms with van der Waals surface area (Å²) in [6.45, 7) is 4.72. The van der Waals surface area contributed by atoms with Crippen molar-refractivity contribution < 1.29 is 0 Å². The van der Waals surface area contributed by atoms with Gasteiger partial charge in [-0.25, -0.2) is 0 Å². The molecule has 0 atom stereocenters. The van der Waals surface area contributed by atoms with Gasteiger partial charge in [-0.1, -0.05) is 159 Å². The van der Waals surface area contributed by atoms with Crippen molar-refractivity contribution in [3.63, 3.8) is 0 Å². The monoisotopic (exact) mass is 719 g/mol. The fourth-order valence-electron chi connectivity index (χ4n) is 9.11. The number of benzene rings is 9. The van der Waals surface area contributed by atoms with Gasteiger partial charge in [-0.15, -0.1) is 11.3 Å². The first-order valence-electron chi connectivity index (χ1n) is 19.1. The van der Waals surface area contributed by atoms with E-state index in [0.29, 0.717) is 0 Å². The SMILES string of the molecule is CC1(C)c2ccccc2-c2ccc(N(c3ccc(-c4cccc5ccc6c7ccccc7sc6c45)cc3)c3ccccc3-c3ccc4ccccc4c3)cc21. The Labute approximate surface area is 325 Å². The van der Waals surface area contributed by atoms with Gasteiger partial charge in [-0.2, -0.15) is 0 Å². The van der Waals surface area contributed by atoms with E-state index in [2.05, 4.69) is 207 Å². The summed E-state index contributed by atoms with van der Waals surface area (Å²) in [4.78, 5) is 2.46. The minimum Gasteiger partial charge on any atom is -0.310 e. The number of fused-ring (bicyclic) bond motifs is 9. The lowest BCUT2D eigenvalue weighted by Crippen LogP contribution is -2.16. The second-order valence-corrected chi connectivity index (χ2v) is 16.4. The lowest BCUT2D eigenvalue weighted by Gasteiger charge is -2.30. The first-order chi connectivity index (χ1) is 27.0. The van der Waals surface area contributed by atoms with E-state index in [4.69, 9.17) is 0 Å². The van der Waals surface area contributed by atoms with Gasteiger partial charge in [0.25, 0.3) is 0 Å². The summed E-state index contributed by atoms with van der Waals surface area (Å²) in [7, 11) is 0. The van der Waals surface area contributed by atoms with Crippen molar-refractivity contribution in [2.45, 2.75) is 19.3 Å². The standard InChI is InChI=1S/C53H37NS/c1-53(2)47-19-8-5-16-43(47)44-31-29-40(33-48(44)53)54(49-20-9-6-15-41(49)38-23-22-34-12-3-4-13-37(34)32-38)39-27-24-35(25-28-39)42-18-11-14-36-26-30-46-45-17-7-10-21-50(45)55-52(46)51(36)42/h3-33H,1-2H3. The van der Waals surface area contributed by atoms with Gasteiger partial charge in [0, 0.05) is 47.9 Å². The number of hydrogen-bond acceptors (Lipinski definition) is 2. The van der Waals surface area contributed by atoms with Crippen LogP contribution in [0.5, 0.6) is 0 Å². The summed E-state index contributed by atoms with van der Waals surface area (Å²) in [6, 6.07) is 69.6. The molecule has 2 heteroatoms. The van der Waals surface area contributed by atoms with Gasteiger partial charge in [-0.05, 0) is 97.6 Å². The lowest BCUT2D eigenvalue weighted by molar-refractivity contribution is 0.660. The van der Waals surface area contributed by atoms with Crippen molar-refractivity contribution in [1.29, 1.82) is 0 Å². The molecule has 0 saturated carbocycles. The molecule has 9 aromatic carbocycles. The van der Waals surface area contributed by atoms with Crippen molar-refractivity contribution in [2.75, 3.05) is 4.90 Å². The number of thiophene rings is 1. The lowest BCUT2D eigenvalue weighted by atomic mass is 9.82. The first-order valence-corrected chi connectivity index (χ1v) is 19.9. The van der Waals surface area contributed by atoms with Gasteiger partial charge in [0.1, 0.15) is 0 Å². The highest BCUT2D eigenvalue weighted by molar-refractivity contribution is 7.26. The fourth-order valence-corrected chi connectivity index (χ4v) is 10.4. The third-order valence-corrected chi connectivity index (χ3v) is 13.1. The predicted octanol–water partition coefficient (Wildman–Crippen LogP) is 15.5. The molecule has 11 rings (SSSR count). The maximum absolute atomic E-state index is 2.46. The molecule has 260 valence electrons. The summed E-state index contributed by atoms with van der Waals surface area (Å²) >= 11 is 1.90. The molecule has 0 N–H and O–H groups in total. The van der Waals surface area contributed by atoms with Crippen LogP contribution in [-0.2, 0) is 5.41 Å². The second kappa shape index (κ2) is 12.3. The smallest absolute Gasteiger partial charge is 0.0540 e. The van der Waals surface area contributed by atoms with Gasteiger partial charge in [0.05, 0.1) is 5.69 Å². The molecule has 0 aliphatic heterocycles. The highest BCUT2D eigenvalue weighted by Gasteiger charge is 2.36. The molecule has 1 aliphatic carbocycles. The Balaban J connectivity index is 1.09. The van der Waals surface area contributed by atoms with E-state index in [1.54, 1.807) is 0 Å². The molecule has 1 aliphatic rings. The topological polar surface area (TPSA) is 3.24 Å². The normalized spacial score (nSPS) is 13.1. The van der Waals surface area contributed by atoms with E-state index in [9.17, 15) is 0 Å². The van der Waals surface area contributed by atoms with Crippen LogP contribution in [0.15, 0.2) is 188 Å². The van der Waals surface area contributed by atoms with Crippen LogP contribution < -0.4 is 4.90 Å². The summed E-state index contributed by atoms with van der Waals surface area (Å²) in [5.74, 6) is 0. The highest BCUT2D eigenvalue weighted by Crippen LogP contribution is 2.51. The van der Waals surface area contributed by atoms with E-state index in [0.717, 1.165) is 17.1 Å². The van der Waals surface area contributed by atoms with Crippen molar-refractivity contribution in [3.05, 3.63) is 199 Å². The van der Waals surface area contributed by atoms with Crippen molar-refractivity contribution in [3.8, 4) is 33.4 Å². The highest BCUT2D eigenvalue weighted by atomic mass is 32.1. The van der Waals surface area contributed by atoms with Gasteiger partial charge in [0.15, 0.2) is 0 Å². The van der Waals surface area contributed by atoms with Crippen molar-refractivity contribution in [2.24, 2.45) is 0 Å². The van der Waals surface area contributed by atoms with Gasteiger partial charge < -0.3 is 4.90 Å². The van der Waals surface area contributed by atoms with E-state index in [1.807, 2.05) is 11.3 Å². The maximum Gasteiger partial charge on any atom is 0.0540 e. The average Bonchev–Trinajstić information content (AvgIpc) is 3.73. The van der Waals surface area contributed by atoms with Gasteiger partial charge in [-0.3, -0.25) is 0 Å². The van der Waals surface area contributed by atoms with Crippen LogP contribution in [0.25, 0.3) is 75.1 Å². The fraction of sp³-hybridized carbons (Fsp3) is 0.0566. The molecule has 0 spiro atoms. The molecule has 55 heavy (non-hydrogen) atoms.